The van der Waals surface area contributed by atoms with Crippen molar-refractivity contribution in [3.05, 3.63) is 65.9 Å². The molecule has 2 amide bonds. The summed E-state index contributed by atoms with van der Waals surface area (Å²) >= 11 is 0. The average molecular weight is 448 g/mol. The summed E-state index contributed by atoms with van der Waals surface area (Å²) in [6.45, 7) is 0.640. The molecule has 2 heterocycles. The zero-order valence-corrected chi connectivity index (χ0v) is 18.9. The third-order valence-electron chi connectivity index (χ3n) is 6.22. The Morgan fingerprint density at radius 3 is 2.45 bits per heavy atom. The Morgan fingerprint density at radius 2 is 1.82 bits per heavy atom. The fourth-order valence-corrected chi connectivity index (χ4v) is 4.30. The molecule has 1 saturated carbocycles. The van der Waals surface area contributed by atoms with E-state index in [2.05, 4.69) is 20.6 Å². The van der Waals surface area contributed by atoms with Crippen molar-refractivity contribution >= 4 is 11.8 Å². The lowest BCUT2D eigenvalue weighted by Gasteiger charge is -2.27. The first-order valence-corrected chi connectivity index (χ1v) is 11.2. The molecule has 1 fully saturated rings. The number of benzene rings is 1. The van der Waals surface area contributed by atoms with Crippen LogP contribution in [0.3, 0.4) is 0 Å². The molecule has 0 spiro atoms. The second-order valence-electron chi connectivity index (χ2n) is 8.30. The molecule has 3 aromatic rings. The first-order valence-electron chi connectivity index (χ1n) is 11.2. The molecule has 2 aromatic heterocycles. The normalized spacial score (nSPS) is 17.9. The number of hydrogen-bond donors (Lipinski definition) is 3. The van der Waals surface area contributed by atoms with E-state index >= 15 is 0 Å². The maximum atomic E-state index is 12.5. The number of nitrogens with zero attached hydrogens (tertiary/aromatic N) is 2. The van der Waals surface area contributed by atoms with E-state index < -0.39 is 0 Å². The van der Waals surface area contributed by atoms with Crippen LogP contribution < -0.4 is 15.4 Å². The number of nitrogens with one attached hydrogen (secondary N) is 3. The van der Waals surface area contributed by atoms with Crippen LogP contribution in [0.2, 0.25) is 0 Å². The third-order valence-corrected chi connectivity index (χ3v) is 6.22. The van der Waals surface area contributed by atoms with Crippen molar-refractivity contribution in [3.63, 3.8) is 0 Å². The average Bonchev–Trinajstić information content (AvgIpc) is 3.33. The number of hydrogen-bond acceptors (Lipinski definition) is 5. The maximum absolute atomic E-state index is 12.5. The lowest BCUT2D eigenvalue weighted by Crippen LogP contribution is -2.31. The SMILES string of the molecule is CNC(=O)c1[nH]c(C2CCC(CNC(=O)c3ccccn3)CC2)nc1-c1ccc(OC)cc1. The van der Waals surface area contributed by atoms with Crippen molar-refractivity contribution in [2.24, 2.45) is 5.92 Å². The van der Waals surface area contributed by atoms with Crippen LogP contribution in [0.1, 0.15) is 58.4 Å². The van der Waals surface area contributed by atoms with Gasteiger partial charge in [-0.2, -0.15) is 0 Å². The summed E-state index contributed by atoms with van der Waals surface area (Å²) in [4.78, 5) is 37.0. The Morgan fingerprint density at radius 1 is 1.06 bits per heavy atom. The van der Waals surface area contributed by atoms with E-state index in [9.17, 15) is 9.59 Å². The standard InChI is InChI=1S/C25H29N5O3/c1-26-25(32)22-21(17-10-12-19(33-2)13-11-17)29-23(30-22)18-8-6-16(7-9-18)15-28-24(31)20-5-3-4-14-27-20/h3-5,10-14,16,18H,6-9,15H2,1-2H3,(H,26,32)(H,28,31)(H,29,30). The van der Waals surface area contributed by atoms with Gasteiger partial charge in [0.15, 0.2) is 0 Å². The Kier molecular flexibility index (Phi) is 7.02. The highest BCUT2D eigenvalue weighted by molar-refractivity contribution is 5.98. The van der Waals surface area contributed by atoms with E-state index in [1.54, 1.807) is 32.5 Å². The van der Waals surface area contributed by atoms with E-state index in [0.29, 0.717) is 29.5 Å². The zero-order valence-electron chi connectivity index (χ0n) is 18.9. The molecule has 0 unspecified atom stereocenters. The van der Waals surface area contributed by atoms with Gasteiger partial charge in [0, 0.05) is 31.3 Å². The number of H-pyrrole nitrogens is 1. The van der Waals surface area contributed by atoms with Crippen LogP contribution in [0.25, 0.3) is 11.3 Å². The number of pyridine rings is 1. The number of aromatic amines is 1. The molecule has 33 heavy (non-hydrogen) atoms. The largest absolute Gasteiger partial charge is 0.497 e. The van der Waals surface area contributed by atoms with Crippen molar-refractivity contribution in [3.8, 4) is 17.0 Å². The number of aromatic nitrogens is 3. The number of imidazole rings is 1. The van der Waals surface area contributed by atoms with Gasteiger partial charge in [0.25, 0.3) is 11.8 Å². The minimum absolute atomic E-state index is 0.136. The van der Waals surface area contributed by atoms with Crippen molar-refractivity contribution in [1.82, 2.24) is 25.6 Å². The smallest absolute Gasteiger partial charge is 0.269 e. The minimum Gasteiger partial charge on any atom is -0.497 e. The predicted octanol–water partition coefficient (Wildman–Crippen LogP) is 3.54. The molecular weight excluding hydrogens is 418 g/mol. The fourth-order valence-electron chi connectivity index (χ4n) is 4.30. The van der Waals surface area contributed by atoms with Gasteiger partial charge in [-0.05, 0) is 68.0 Å². The highest BCUT2D eigenvalue weighted by Crippen LogP contribution is 2.36. The lowest BCUT2D eigenvalue weighted by molar-refractivity contribution is 0.0935. The van der Waals surface area contributed by atoms with Crippen molar-refractivity contribution in [1.29, 1.82) is 0 Å². The quantitative estimate of drug-likeness (QED) is 0.513. The van der Waals surface area contributed by atoms with Gasteiger partial charge in [0.1, 0.15) is 28.7 Å². The first-order chi connectivity index (χ1) is 16.1. The van der Waals surface area contributed by atoms with Crippen LogP contribution in [0.15, 0.2) is 48.7 Å². The molecule has 1 aliphatic carbocycles. The molecule has 0 bridgehead atoms. The van der Waals surface area contributed by atoms with Gasteiger partial charge < -0.3 is 20.4 Å². The van der Waals surface area contributed by atoms with Crippen LogP contribution in [0.4, 0.5) is 0 Å². The van der Waals surface area contributed by atoms with Crippen LogP contribution in [-0.2, 0) is 0 Å². The Bertz CT molecular complexity index is 1090. The minimum atomic E-state index is -0.189. The molecule has 0 radical (unpaired) electrons. The summed E-state index contributed by atoms with van der Waals surface area (Å²) in [6, 6.07) is 12.9. The summed E-state index contributed by atoms with van der Waals surface area (Å²) in [6.07, 6.45) is 5.50. The van der Waals surface area contributed by atoms with Gasteiger partial charge in [-0.15, -0.1) is 0 Å². The summed E-state index contributed by atoms with van der Waals surface area (Å²) in [5.41, 5.74) is 2.43. The van der Waals surface area contributed by atoms with Gasteiger partial charge >= 0.3 is 0 Å². The lowest BCUT2D eigenvalue weighted by atomic mass is 9.81. The Balaban J connectivity index is 1.41. The highest BCUT2D eigenvalue weighted by atomic mass is 16.5. The number of carbonyl (C=O) groups is 2. The van der Waals surface area contributed by atoms with Crippen molar-refractivity contribution in [2.75, 3.05) is 20.7 Å². The molecule has 0 aliphatic heterocycles. The van der Waals surface area contributed by atoms with Gasteiger partial charge in [0.05, 0.1) is 7.11 Å². The van der Waals surface area contributed by atoms with E-state index in [1.807, 2.05) is 30.3 Å². The molecule has 0 saturated heterocycles. The van der Waals surface area contributed by atoms with Crippen LogP contribution in [0.5, 0.6) is 5.75 Å². The summed E-state index contributed by atoms with van der Waals surface area (Å²) in [7, 11) is 3.24. The molecule has 4 rings (SSSR count). The molecular formula is C25H29N5O3. The van der Waals surface area contributed by atoms with Crippen LogP contribution in [0, 0.1) is 5.92 Å². The molecule has 8 heteroatoms. The molecule has 1 aliphatic rings. The van der Waals surface area contributed by atoms with Gasteiger partial charge in [0.2, 0.25) is 0 Å². The second-order valence-corrected chi connectivity index (χ2v) is 8.30. The predicted molar refractivity (Wildman–Crippen MR) is 125 cm³/mol. The summed E-state index contributed by atoms with van der Waals surface area (Å²) in [5.74, 6) is 1.94. The van der Waals surface area contributed by atoms with E-state index in [4.69, 9.17) is 9.72 Å². The number of amides is 2. The molecule has 8 nitrogen and oxygen atoms in total. The van der Waals surface area contributed by atoms with Gasteiger partial charge in [-0.25, -0.2) is 4.98 Å². The Hall–Kier alpha value is -3.68. The topological polar surface area (TPSA) is 109 Å². The van der Waals surface area contributed by atoms with Crippen LogP contribution in [-0.4, -0.2) is 47.5 Å². The second kappa shape index (κ2) is 10.3. The number of rotatable bonds is 7. The third kappa shape index (κ3) is 5.22. The fraction of sp³-hybridized carbons (Fsp3) is 0.360. The molecule has 1 aromatic carbocycles. The van der Waals surface area contributed by atoms with Crippen LogP contribution >= 0.6 is 0 Å². The molecule has 0 atom stereocenters. The molecule has 3 N–H and O–H groups in total. The van der Waals surface area contributed by atoms with Crippen molar-refractivity contribution < 1.29 is 14.3 Å². The highest BCUT2D eigenvalue weighted by Gasteiger charge is 2.27. The van der Waals surface area contributed by atoms with E-state index in [-0.39, 0.29) is 17.7 Å². The number of ether oxygens (including phenoxy) is 1. The van der Waals surface area contributed by atoms with E-state index in [0.717, 1.165) is 42.8 Å². The number of carbonyl (C=O) groups excluding carboxylic acids is 2. The van der Waals surface area contributed by atoms with Gasteiger partial charge in [-0.3, -0.25) is 14.6 Å². The maximum Gasteiger partial charge on any atom is 0.269 e. The summed E-state index contributed by atoms with van der Waals surface area (Å²) < 4.78 is 5.24. The first kappa shape index (κ1) is 22.5. The molecule has 172 valence electrons. The Labute approximate surface area is 193 Å². The van der Waals surface area contributed by atoms with Gasteiger partial charge in [-0.1, -0.05) is 6.07 Å². The zero-order chi connectivity index (χ0) is 23.2. The van der Waals surface area contributed by atoms with Crippen molar-refractivity contribution in [2.45, 2.75) is 31.6 Å². The number of methoxy groups -OCH3 is 1. The van der Waals surface area contributed by atoms with E-state index in [1.165, 1.54) is 0 Å². The monoisotopic (exact) mass is 447 g/mol. The summed E-state index contributed by atoms with van der Waals surface area (Å²) in [5, 5.41) is 5.70.